The van der Waals surface area contributed by atoms with Crippen LogP contribution in [0.4, 0.5) is 0 Å². The first-order valence-electron chi connectivity index (χ1n) is 5.67. The monoisotopic (exact) mass is 265 g/mol. The van der Waals surface area contributed by atoms with Crippen LogP contribution in [0.1, 0.15) is 19.3 Å². The highest BCUT2D eigenvalue weighted by Crippen LogP contribution is 2.14. The molecule has 7 heteroatoms. The van der Waals surface area contributed by atoms with E-state index < -0.39 is 8.80 Å². The summed E-state index contributed by atoms with van der Waals surface area (Å²) in [6.45, 7) is 0.607. The molecule has 1 amide bonds. The fraction of sp³-hybridized carbons (Fsp3) is 0.900. The second-order valence-electron chi connectivity index (χ2n) is 3.58. The molecule has 0 fully saturated rings. The zero-order valence-electron chi connectivity index (χ0n) is 10.8. The largest absolute Gasteiger partial charge is 0.500 e. The molecule has 0 radical (unpaired) electrons. The molecule has 0 saturated carbocycles. The minimum absolute atomic E-state index is 0.0421. The van der Waals surface area contributed by atoms with Crippen LogP contribution in [0, 0.1) is 0 Å². The summed E-state index contributed by atoms with van der Waals surface area (Å²) in [5.74, 6) is -0.0430. The fourth-order valence-electron chi connectivity index (χ4n) is 1.42. The molecule has 6 nitrogen and oxygen atoms in total. The first-order valence-corrected chi connectivity index (χ1v) is 7.60. The van der Waals surface area contributed by atoms with Gasteiger partial charge >= 0.3 is 8.80 Å². The van der Waals surface area contributed by atoms with E-state index in [-0.39, 0.29) is 12.5 Å². The van der Waals surface area contributed by atoms with Crippen LogP contribution >= 0.6 is 0 Å². The molecule has 0 saturated heterocycles. The van der Waals surface area contributed by atoms with Crippen molar-refractivity contribution in [2.45, 2.75) is 25.3 Å². The van der Waals surface area contributed by atoms with Gasteiger partial charge in [-0.2, -0.15) is 0 Å². The normalized spacial score (nSPS) is 11.5. The van der Waals surface area contributed by atoms with Gasteiger partial charge in [0.1, 0.15) is 0 Å². The van der Waals surface area contributed by atoms with Crippen LogP contribution < -0.4 is 5.32 Å². The number of hydrogen-bond acceptors (Lipinski definition) is 5. The Morgan fingerprint density at radius 3 is 2.24 bits per heavy atom. The molecule has 0 spiro atoms. The van der Waals surface area contributed by atoms with Gasteiger partial charge in [-0.05, 0) is 12.8 Å². The van der Waals surface area contributed by atoms with E-state index in [1.165, 1.54) is 0 Å². The lowest BCUT2D eigenvalue weighted by molar-refractivity contribution is -0.121. The van der Waals surface area contributed by atoms with Crippen molar-refractivity contribution in [1.29, 1.82) is 0 Å². The van der Waals surface area contributed by atoms with Crippen molar-refractivity contribution in [3.8, 4) is 0 Å². The van der Waals surface area contributed by atoms with E-state index in [0.29, 0.717) is 25.4 Å². The molecule has 0 aliphatic heterocycles. The number of amides is 1. The Morgan fingerprint density at radius 1 is 1.18 bits per heavy atom. The number of hydrogen-bond donors (Lipinski definition) is 2. The predicted octanol–water partition coefficient (Wildman–Crippen LogP) is 0.143. The molecule has 0 aromatic rings. The minimum Gasteiger partial charge on any atom is -0.396 e. The number of aliphatic hydroxyl groups excluding tert-OH is 1. The van der Waals surface area contributed by atoms with Gasteiger partial charge in [0.25, 0.3) is 0 Å². The van der Waals surface area contributed by atoms with Gasteiger partial charge in [-0.1, -0.05) is 0 Å². The third-order valence-corrected chi connectivity index (χ3v) is 5.31. The van der Waals surface area contributed by atoms with E-state index >= 15 is 0 Å². The topological polar surface area (TPSA) is 77.0 Å². The minimum atomic E-state index is -2.51. The van der Waals surface area contributed by atoms with E-state index in [0.717, 1.165) is 6.42 Å². The van der Waals surface area contributed by atoms with Crippen molar-refractivity contribution in [1.82, 2.24) is 5.32 Å². The molecular formula is C10H23NO5Si. The summed E-state index contributed by atoms with van der Waals surface area (Å²) in [5.41, 5.74) is 0. The highest BCUT2D eigenvalue weighted by atomic mass is 28.4. The highest BCUT2D eigenvalue weighted by molar-refractivity contribution is 6.60. The Morgan fingerprint density at radius 2 is 1.76 bits per heavy atom. The molecule has 0 aromatic heterocycles. The molecule has 17 heavy (non-hydrogen) atoms. The van der Waals surface area contributed by atoms with Crippen LogP contribution in [0.5, 0.6) is 0 Å². The van der Waals surface area contributed by atoms with Crippen molar-refractivity contribution in [3.05, 3.63) is 0 Å². The lowest BCUT2D eigenvalue weighted by atomic mass is 10.3. The van der Waals surface area contributed by atoms with E-state index in [1.54, 1.807) is 21.3 Å². The Hall–Kier alpha value is -0.473. The van der Waals surface area contributed by atoms with Crippen LogP contribution in [-0.4, -0.2) is 54.3 Å². The van der Waals surface area contributed by atoms with Crippen LogP contribution in [0.3, 0.4) is 0 Å². The van der Waals surface area contributed by atoms with Crippen LogP contribution in [0.25, 0.3) is 0 Å². The zero-order valence-corrected chi connectivity index (χ0v) is 11.8. The molecule has 0 aromatic carbocycles. The molecule has 0 aliphatic rings. The summed E-state index contributed by atoms with van der Waals surface area (Å²) in [7, 11) is 2.20. The lowest BCUT2D eigenvalue weighted by Crippen LogP contribution is -2.43. The molecule has 0 unspecified atom stereocenters. The Kier molecular flexibility index (Phi) is 9.28. The molecule has 0 rings (SSSR count). The van der Waals surface area contributed by atoms with Gasteiger partial charge in [0, 0.05) is 46.9 Å². The summed E-state index contributed by atoms with van der Waals surface area (Å²) >= 11 is 0. The van der Waals surface area contributed by atoms with Gasteiger partial charge in [0.2, 0.25) is 5.91 Å². The Balaban J connectivity index is 3.71. The standard InChI is InChI=1S/C10H23NO5Si/c1-14-17(15-2,16-3)9-5-7-11-10(13)6-4-8-12/h12H,4-9H2,1-3H3,(H,11,13). The van der Waals surface area contributed by atoms with E-state index in [9.17, 15) is 4.79 Å². The lowest BCUT2D eigenvalue weighted by Gasteiger charge is -2.24. The maximum Gasteiger partial charge on any atom is 0.500 e. The van der Waals surface area contributed by atoms with Gasteiger partial charge in [-0.3, -0.25) is 4.79 Å². The summed E-state index contributed by atoms with van der Waals surface area (Å²) in [5, 5.41) is 11.3. The maximum absolute atomic E-state index is 11.2. The second kappa shape index (κ2) is 9.55. The van der Waals surface area contributed by atoms with Crippen LogP contribution in [0.15, 0.2) is 0 Å². The summed E-state index contributed by atoms with van der Waals surface area (Å²) in [4.78, 5) is 11.2. The van der Waals surface area contributed by atoms with E-state index in [1.807, 2.05) is 0 Å². The Bertz CT molecular complexity index is 203. The van der Waals surface area contributed by atoms with Crippen molar-refractivity contribution >= 4 is 14.7 Å². The van der Waals surface area contributed by atoms with Gasteiger partial charge < -0.3 is 23.7 Å². The first-order chi connectivity index (χ1) is 8.14. The number of rotatable bonds is 10. The van der Waals surface area contributed by atoms with E-state index in [2.05, 4.69) is 5.32 Å². The summed E-state index contributed by atoms with van der Waals surface area (Å²) in [6.07, 6.45) is 1.60. The Labute approximate surface area is 104 Å². The molecule has 102 valence electrons. The highest BCUT2D eigenvalue weighted by Gasteiger charge is 2.36. The SMILES string of the molecule is CO[Si](CCCNC(=O)CCCO)(OC)OC. The molecule has 0 bridgehead atoms. The van der Waals surface area contributed by atoms with Crippen molar-refractivity contribution in [2.75, 3.05) is 34.5 Å². The van der Waals surface area contributed by atoms with Crippen molar-refractivity contribution in [2.24, 2.45) is 0 Å². The molecule has 2 N–H and O–H groups in total. The molecule has 0 heterocycles. The molecule has 0 aliphatic carbocycles. The smallest absolute Gasteiger partial charge is 0.396 e. The van der Waals surface area contributed by atoms with Gasteiger partial charge in [-0.15, -0.1) is 0 Å². The second-order valence-corrected chi connectivity index (χ2v) is 6.67. The van der Waals surface area contributed by atoms with Gasteiger partial charge in [-0.25, -0.2) is 0 Å². The van der Waals surface area contributed by atoms with Crippen LogP contribution in [0.2, 0.25) is 6.04 Å². The number of carbonyl (C=O) groups is 1. The van der Waals surface area contributed by atoms with Crippen molar-refractivity contribution in [3.63, 3.8) is 0 Å². The summed E-state index contributed by atoms with van der Waals surface area (Å²) in [6, 6.07) is 0.663. The van der Waals surface area contributed by atoms with Crippen LogP contribution in [-0.2, 0) is 18.1 Å². The quantitative estimate of drug-likeness (QED) is 0.434. The van der Waals surface area contributed by atoms with Gasteiger partial charge in [0.15, 0.2) is 0 Å². The van der Waals surface area contributed by atoms with Crippen molar-refractivity contribution < 1.29 is 23.2 Å². The number of nitrogens with one attached hydrogen (secondary N) is 1. The predicted molar refractivity (Wildman–Crippen MR) is 65.5 cm³/mol. The van der Waals surface area contributed by atoms with Gasteiger partial charge in [0.05, 0.1) is 0 Å². The molecule has 0 atom stereocenters. The third-order valence-electron chi connectivity index (χ3n) is 2.48. The van der Waals surface area contributed by atoms with E-state index in [4.69, 9.17) is 18.4 Å². The summed E-state index contributed by atoms with van der Waals surface area (Å²) < 4.78 is 15.8. The zero-order chi connectivity index (χ0) is 13.1. The third kappa shape index (κ3) is 6.74. The average Bonchev–Trinajstić information content (AvgIpc) is 2.37. The first kappa shape index (κ1) is 16.5. The fourth-order valence-corrected chi connectivity index (χ4v) is 3.14. The molecular weight excluding hydrogens is 242 g/mol. The number of aliphatic hydroxyl groups is 1. The maximum atomic E-state index is 11.2. The average molecular weight is 265 g/mol. The number of carbonyl (C=O) groups excluding carboxylic acids is 1.